The van der Waals surface area contributed by atoms with Crippen molar-refractivity contribution < 1.29 is 4.74 Å². The van der Waals surface area contributed by atoms with E-state index in [1.165, 1.54) is 6.33 Å². The maximum atomic E-state index is 6.02. The van der Waals surface area contributed by atoms with Crippen molar-refractivity contribution in [2.75, 3.05) is 12.4 Å². The number of rotatable bonds is 4. The van der Waals surface area contributed by atoms with E-state index in [0.29, 0.717) is 16.7 Å². The minimum Gasteiger partial charge on any atom is -0.438 e. The van der Waals surface area contributed by atoms with E-state index in [4.69, 9.17) is 16.3 Å². The lowest BCUT2D eigenvalue weighted by Crippen LogP contribution is -2.05. The lowest BCUT2D eigenvalue weighted by Gasteiger charge is -2.16. The second-order valence-corrected chi connectivity index (χ2v) is 5.29. The molecule has 0 aliphatic carbocycles. The zero-order chi connectivity index (χ0) is 14.7. The van der Waals surface area contributed by atoms with Crippen LogP contribution in [0.15, 0.2) is 24.5 Å². The third-order valence-corrected chi connectivity index (χ3v) is 3.25. The summed E-state index contributed by atoms with van der Waals surface area (Å²) >= 11 is 6.02. The Bertz CT molecular complexity index is 614. The zero-order valence-electron chi connectivity index (χ0n) is 12.1. The highest BCUT2D eigenvalue weighted by atomic mass is 35.5. The molecule has 1 aromatic carbocycles. The van der Waals surface area contributed by atoms with Gasteiger partial charge >= 0.3 is 0 Å². The van der Waals surface area contributed by atoms with Gasteiger partial charge in [-0.05, 0) is 30.5 Å². The Morgan fingerprint density at radius 1 is 1.25 bits per heavy atom. The van der Waals surface area contributed by atoms with Crippen LogP contribution in [-0.2, 0) is 0 Å². The molecule has 5 heteroatoms. The third kappa shape index (κ3) is 3.02. The average Bonchev–Trinajstić information content (AvgIpc) is 2.42. The van der Waals surface area contributed by atoms with Crippen LogP contribution in [0.2, 0.25) is 5.02 Å². The molecule has 0 aliphatic heterocycles. The molecule has 4 nitrogen and oxygen atoms in total. The van der Waals surface area contributed by atoms with Gasteiger partial charge in [-0.1, -0.05) is 31.5 Å². The molecule has 0 spiro atoms. The SMILES string of the molecule is CNc1ncnc(Oc2cc(Cl)ccc2C)c1C(C)C. The summed E-state index contributed by atoms with van der Waals surface area (Å²) in [7, 11) is 1.84. The molecule has 20 heavy (non-hydrogen) atoms. The molecule has 0 amide bonds. The van der Waals surface area contributed by atoms with Gasteiger partial charge in [-0.3, -0.25) is 0 Å². The number of nitrogens with one attached hydrogen (secondary N) is 1. The number of nitrogens with zero attached hydrogens (tertiary/aromatic N) is 2. The van der Waals surface area contributed by atoms with Crippen LogP contribution in [0.5, 0.6) is 11.6 Å². The van der Waals surface area contributed by atoms with Crippen molar-refractivity contribution in [2.45, 2.75) is 26.7 Å². The zero-order valence-corrected chi connectivity index (χ0v) is 12.8. The van der Waals surface area contributed by atoms with E-state index < -0.39 is 0 Å². The number of halogens is 1. The summed E-state index contributed by atoms with van der Waals surface area (Å²) in [4.78, 5) is 8.49. The number of aryl methyl sites for hydroxylation is 1. The second kappa shape index (κ2) is 6.09. The van der Waals surface area contributed by atoms with Crippen molar-refractivity contribution in [3.05, 3.63) is 40.7 Å². The summed E-state index contributed by atoms with van der Waals surface area (Å²) in [5, 5.41) is 3.71. The fourth-order valence-electron chi connectivity index (χ4n) is 1.97. The Morgan fingerprint density at radius 2 is 2.00 bits per heavy atom. The molecule has 0 fully saturated rings. The molecular formula is C15H18ClN3O. The fourth-order valence-corrected chi connectivity index (χ4v) is 2.13. The number of anilines is 1. The van der Waals surface area contributed by atoms with Crippen LogP contribution in [0.25, 0.3) is 0 Å². The summed E-state index contributed by atoms with van der Waals surface area (Å²) in [6, 6.07) is 5.56. The molecule has 0 atom stereocenters. The summed E-state index contributed by atoms with van der Waals surface area (Å²) < 4.78 is 5.95. The van der Waals surface area contributed by atoms with E-state index in [-0.39, 0.29) is 5.92 Å². The van der Waals surface area contributed by atoms with Gasteiger partial charge in [0.15, 0.2) is 0 Å². The van der Waals surface area contributed by atoms with E-state index >= 15 is 0 Å². The van der Waals surface area contributed by atoms with Crippen LogP contribution in [0.1, 0.15) is 30.9 Å². The van der Waals surface area contributed by atoms with E-state index in [0.717, 1.165) is 16.9 Å². The van der Waals surface area contributed by atoms with Gasteiger partial charge < -0.3 is 10.1 Å². The molecule has 106 valence electrons. The van der Waals surface area contributed by atoms with Crippen LogP contribution in [-0.4, -0.2) is 17.0 Å². The Kier molecular flexibility index (Phi) is 4.45. The smallest absolute Gasteiger partial charge is 0.227 e. The summed E-state index contributed by atoms with van der Waals surface area (Å²) in [5.41, 5.74) is 1.96. The lowest BCUT2D eigenvalue weighted by atomic mass is 10.1. The molecule has 0 radical (unpaired) electrons. The van der Waals surface area contributed by atoms with Gasteiger partial charge in [0.1, 0.15) is 17.9 Å². The molecule has 0 saturated heterocycles. The molecule has 1 N–H and O–H groups in total. The van der Waals surface area contributed by atoms with E-state index in [1.807, 2.05) is 26.1 Å². The second-order valence-electron chi connectivity index (χ2n) is 4.86. The first-order chi connectivity index (χ1) is 9.52. The molecule has 2 aromatic rings. The van der Waals surface area contributed by atoms with Gasteiger partial charge in [0, 0.05) is 12.1 Å². The number of hydrogen-bond acceptors (Lipinski definition) is 4. The van der Waals surface area contributed by atoms with Gasteiger partial charge in [0.25, 0.3) is 0 Å². The van der Waals surface area contributed by atoms with Crippen LogP contribution in [0, 0.1) is 6.92 Å². The van der Waals surface area contributed by atoms with Gasteiger partial charge in [-0.2, -0.15) is 0 Å². The molecule has 0 bridgehead atoms. The van der Waals surface area contributed by atoms with Crippen molar-refractivity contribution in [1.82, 2.24) is 9.97 Å². The van der Waals surface area contributed by atoms with E-state index in [2.05, 4.69) is 29.1 Å². The quantitative estimate of drug-likeness (QED) is 0.907. The predicted octanol–water partition coefficient (Wildman–Crippen LogP) is 4.40. The third-order valence-electron chi connectivity index (χ3n) is 3.02. The van der Waals surface area contributed by atoms with Crippen molar-refractivity contribution in [3.63, 3.8) is 0 Å². The first-order valence-corrected chi connectivity index (χ1v) is 6.87. The van der Waals surface area contributed by atoms with E-state index in [1.54, 1.807) is 6.07 Å². The highest BCUT2D eigenvalue weighted by molar-refractivity contribution is 6.30. The highest BCUT2D eigenvalue weighted by Gasteiger charge is 2.16. The first-order valence-electron chi connectivity index (χ1n) is 6.49. The van der Waals surface area contributed by atoms with Gasteiger partial charge in [0.2, 0.25) is 5.88 Å². The maximum absolute atomic E-state index is 6.02. The predicted molar refractivity (Wildman–Crippen MR) is 81.9 cm³/mol. The van der Waals surface area contributed by atoms with Crippen molar-refractivity contribution in [2.24, 2.45) is 0 Å². The minimum absolute atomic E-state index is 0.244. The van der Waals surface area contributed by atoms with Crippen molar-refractivity contribution >= 4 is 17.4 Å². The number of ether oxygens (including phenoxy) is 1. The maximum Gasteiger partial charge on any atom is 0.227 e. The largest absolute Gasteiger partial charge is 0.438 e. The Hall–Kier alpha value is -1.81. The molecule has 0 aliphatic rings. The minimum atomic E-state index is 0.244. The molecule has 0 saturated carbocycles. The molecule has 1 heterocycles. The summed E-state index contributed by atoms with van der Waals surface area (Å²) in [5.74, 6) is 2.29. The average molecular weight is 292 g/mol. The Labute approximate surface area is 124 Å². The van der Waals surface area contributed by atoms with Gasteiger partial charge in [0.05, 0.1) is 5.56 Å². The summed E-state index contributed by atoms with van der Waals surface area (Å²) in [6.07, 6.45) is 1.49. The molecular weight excluding hydrogens is 274 g/mol. The Balaban J connectivity index is 2.45. The first kappa shape index (κ1) is 14.6. The van der Waals surface area contributed by atoms with Gasteiger partial charge in [-0.25, -0.2) is 9.97 Å². The lowest BCUT2D eigenvalue weighted by molar-refractivity contribution is 0.448. The highest BCUT2D eigenvalue weighted by Crippen LogP contribution is 2.34. The monoisotopic (exact) mass is 291 g/mol. The standard InChI is InChI=1S/C15H18ClN3O/c1-9(2)13-14(17-4)18-8-19-15(13)20-12-7-11(16)6-5-10(12)3/h5-9H,1-4H3,(H,17,18,19). The normalized spacial score (nSPS) is 10.7. The molecule has 2 rings (SSSR count). The van der Waals surface area contributed by atoms with Crippen molar-refractivity contribution in [3.8, 4) is 11.6 Å². The Morgan fingerprint density at radius 3 is 2.65 bits per heavy atom. The van der Waals surface area contributed by atoms with Crippen LogP contribution >= 0.6 is 11.6 Å². The number of benzene rings is 1. The fraction of sp³-hybridized carbons (Fsp3) is 0.333. The van der Waals surface area contributed by atoms with Gasteiger partial charge in [-0.15, -0.1) is 0 Å². The van der Waals surface area contributed by atoms with Crippen LogP contribution in [0.4, 0.5) is 5.82 Å². The van der Waals surface area contributed by atoms with Crippen LogP contribution in [0.3, 0.4) is 0 Å². The summed E-state index contributed by atoms with van der Waals surface area (Å²) in [6.45, 7) is 6.13. The molecule has 0 unspecified atom stereocenters. The number of aromatic nitrogens is 2. The topological polar surface area (TPSA) is 47.0 Å². The van der Waals surface area contributed by atoms with Crippen LogP contribution < -0.4 is 10.1 Å². The van der Waals surface area contributed by atoms with Crippen molar-refractivity contribution in [1.29, 1.82) is 0 Å². The molecule has 1 aromatic heterocycles. The number of hydrogen-bond donors (Lipinski definition) is 1. The van der Waals surface area contributed by atoms with E-state index in [9.17, 15) is 0 Å².